The Bertz CT molecular complexity index is 858. The largest absolute Gasteiger partial charge is 0.494 e. The summed E-state index contributed by atoms with van der Waals surface area (Å²) in [6.07, 6.45) is 0. The number of oxazole rings is 1. The number of hydrogen-bond acceptors (Lipinski definition) is 4. The molecule has 0 aliphatic rings. The van der Waals surface area contributed by atoms with Crippen LogP contribution in [0.25, 0.3) is 22.6 Å². The molecule has 3 rings (SSSR count). The lowest BCUT2D eigenvalue weighted by atomic mass is 10.2. The number of halogens is 2. The molecule has 4 nitrogen and oxygen atoms in total. The second kappa shape index (κ2) is 5.28. The number of rotatable bonds is 2. The number of hydrogen-bond donors (Lipinski definition) is 0. The molecule has 104 valence electrons. The SMILES string of the molecule is COc1c(Cl)cc(-c2nc3cc(C#N)ccc3o2)cc1Cl. The van der Waals surface area contributed by atoms with Crippen LogP contribution in [-0.2, 0) is 0 Å². The van der Waals surface area contributed by atoms with Crippen LogP contribution in [0.2, 0.25) is 10.0 Å². The predicted molar refractivity (Wildman–Crippen MR) is 80.7 cm³/mol. The second-order valence-corrected chi connectivity index (χ2v) is 5.10. The van der Waals surface area contributed by atoms with Crippen molar-refractivity contribution in [3.8, 4) is 23.3 Å². The number of methoxy groups -OCH3 is 1. The van der Waals surface area contributed by atoms with Gasteiger partial charge in [0.2, 0.25) is 5.89 Å². The average molecular weight is 319 g/mol. The fourth-order valence-corrected chi connectivity index (χ4v) is 2.64. The van der Waals surface area contributed by atoms with E-state index in [9.17, 15) is 0 Å². The van der Waals surface area contributed by atoms with Crippen molar-refractivity contribution in [2.75, 3.05) is 7.11 Å². The zero-order valence-corrected chi connectivity index (χ0v) is 12.4. The van der Waals surface area contributed by atoms with Crippen molar-refractivity contribution in [3.63, 3.8) is 0 Å². The summed E-state index contributed by atoms with van der Waals surface area (Å²) < 4.78 is 10.8. The van der Waals surface area contributed by atoms with E-state index in [1.54, 1.807) is 30.3 Å². The molecule has 1 heterocycles. The topological polar surface area (TPSA) is 59.0 Å². The Morgan fingerprint density at radius 1 is 1.19 bits per heavy atom. The normalized spacial score (nSPS) is 10.6. The third kappa shape index (κ3) is 2.42. The van der Waals surface area contributed by atoms with Gasteiger partial charge < -0.3 is 9.15 Å². The maximum Gasteiger partial charge on any atom is 0.227 e. The number of fused-ring (bicyclic) bond motifs is 1. The van der Waals surface area contributed by atoms with Gasteiger partial charge >= 0.3 is 0 Å². The Morgan fingerprint density at radius 2 is 1.90 bits per heavy atom. The quantitative estimate of drug-likeness (QED) is 0.688. The predicted octanol–water partition coefficient (Wildman–Crippen LogP) is 4.68. The molecule has 0 radical (unpaired) electrons. The smallest absolute Gasteiger partial charge is 0.227 e. The van der Waals surface area contributed by atoms with E-state index >= 15 is 0 Å². The minimum Gasteiger partial charge on any atom is -0.494 e. The first-order chi connectivity index (χ1) is 10.1. The van der Waals surface area contributed by atoms with E-state index in [0.717, 1.165) is 0 Å². The van der Waals surface area contributed by atoms with Gasteiger partial charge in [-0.2, -0.15) is 5.26 Å². The van der Waals surface area contributed by atoms with Gasteiger partial charge in [0, 0.05) is 5.56 Å². The van der Waals surface area contributed by atoms with Crippen molar-refractivity contribution in [1.82, 2.24) is 4.98 Å². The first-order valence-electron chi connectivity index (χ1n) is 5.96. The minimum absolute atomic E-state index is 0.375. The summed E-state index contributed by atoms with van der Waals surface area (Å²) in [6, 6.07) is 10.4. The Morgan fingerprint density at radius 3 is 2.52 bits per heavy atom. The molecular formula is C15H8Cl2N2O2. The van der Waals surface area contributed by atoms with Crippen LogP contribution in [0.5, 0.6) is 5.75 Å². The molecule has 0 N–H and O–H groups in total. The van der Waals surface area contributed by atoms with Crippen LogP contribution in [0, 0.1) is 11.3 Å². The van der Waals surface area contributed by atoms with Crippen LogP contribution in [0.15, 0.2) is 34.7 Å². The number of nitriles is 1. The molecule has 0 bridgehead atoms. The van der Waals surface area contributed by atoms with Crippen molar-refractivity contribution < 1.29 is 9.15 Å². The van der Waals surface area contributed by atoms with Gasteiger partial charge in [0.15, 0.2) is 11.3 Å². The van der Waals surface area contributed by atoms with Gasteiger partial charge in [-0.1, -0.05) is 23.2 Å². The summed E-state index contributed by atoms with van der Waals surface area (Å²) in [4.78, 5) is 4.35. The Hall–Kier alpha value is -2.22. The van der Waals surface area contributed by atoms with Crippen LogP contribution in [0.3, 0.4) is 0 Å². The standard InChI is InChI=1S/C15H8Cl2N2O2/c1-20-14-10(16)5-9(6-11(14)17)15-19-12-4-8(7-18)2-3-13(12)21-15/h2-6H,1H3. The van der Waals surface area contributed by atoms with E-state index in [2.05, 4.69) is 11.1 Å². The van der Waals surface area contributed by atoms with Gasteiger partial charge in [-0.25, -0.2) is 4.98 Å². The second-order valence-electron chi connectivity index (χ2n) is 4.29. The number of nitrogens with zero attached hydrogens (tertiary/aromatic N) is 2. The molecule has 2 aromatic carbocycles. The molecule has 0 aliphatic carbocycles. The molecule has 0 unspecified atom stereocenters. The highest BCUT2D eigenvalue weighted by molar-refractivity contribution is 6.37. The lowest BCUT2D eigenvalue weighted by Gasteiger charge is -2.06. The molecule has 0 atom stereocenters. The van der Waals surface area contributed by atoms with E-state index in [4.69, 9.17) is 37.6 Å². The molecule has 0 aliphatic heterocycles. The van der Waals surface area contributed by atoms with E-state index in [0.29, 0.717) is 43.9 Å². The molecule has 3 aromatic rings. The zero-order chi connectivity index (χ0) is 15.0. The monoisotopic (exact) mass is 318 g/mol. The highest BCUT2D eigenvalue weighted by atomic mass is 35.5. The van der Waals surface area contributed by atoms with Crippen LogP contribution in [0.4, 0.5) is 0 Å². The molecular weight excluding hydrogens is 311 g/mol. The van der Waals surface area contributed by atoms with Gasteiger partial charge in [0.1, 0.15) is 5.52 Å². The first-order valence-corrected chi connectivity index (χ1v) is 6.72. The summed E-state index contributed by atoms with van der Waals surface area (Å²) in [7, 11) is 1.50. The van der Waals surface area contributed by atoms with Gasteiger partial charge in [-0.15, -0.1) is 0 Å². The van der Waals surface area contributed by atoms with Crippen molar-refractivity contribution >= 4 is 34.3 Å². The van der Waals surface area contributed by atoms with Gasteiger partial charge in [0.05, 0.1) is 28.8 Å². The lowest BCUT2D eigenvalue weighted by molar-refractivity contribution is 0.415. The van der Waals surface area contributed by atoms with Gasteiger partial charge in [0.25, 0.3) is 0 Å². The number of ether oxygens (including phenoxy) is 1. The summed E-state index contributed by atoms with van der Waals surface area (Å²) in [6.45, 7) is 0. The zero-order valence-electron chi connectivity index (χ0n) is 10.9. The molecule has 0 spiro atoms. The van der Waals surface area contributed by atoms with Crippen molar-refractivity contribution in [2.24, 2.45) is 0 Å². The molecule has 0 saturated carbocycles. The van der Waals surface area contributed by atoms with Crippen LogP contribution >= 0.6 is 23.2 Å². The number of benzene rings is 2. The summed E-state index contributed by atoms with van der Waals surface area (Å²) >= 11 is 12.2. The maximum atomic E-state index is 8.89. The Balaban J connectivity index is 2.14. The molecule has 0 saturated heterocycles. The summed E-state index contributed by atoms with van der Waals surface area (Å²) in [5.74, 6) is 0.788. The van der Waals surface area contributed by atoms with E-state index in [-0.39, 0.29) is 0 Å². The molecule has 21 heavy (non-hydrogen) atoms. The molecule has 0 fully saturated rings. The van der Waals surface area contributed by atoms with E-state index in [1.165, 1.54) is 7.11 Å². The maximum absolute atomic E-state index is 8.89. The third-order valence-corrected chi connectivity index (χ3v) is 3.53. The fourth-order valence-electron chi connectivity index (χ4n) is 2.00. The van der Waals surface area contributed by atoms with Gasteiger partial charge in [-0.05, 0) is 30.3 Å². The van der Waals surface area contributed by atoms with Crippen LogP contribution in [0.1, 0.15) is 5.56 Å². The van der Waals surface area contributed by atoms with E-state index < -0.39 is 0 Å². The first kappa shape index (κ1) is 13.7. The summed E-state index contributed by atoms with van der Waals surface area (Å²) in [5, 5.41) is 9.64. The highest BCUT2D eigenvalue weighted by Crippen LogP contribution is 2.37. The van der Waals surface area contributed by atoms with Gasteiger partial charge in [-0.3, -0.25) is 0 Å². The molecule has 6 heteroatoms. The van der Waals surface area contributed by atoms with Crippen molar-refractivity contribution in [3.05, 3.63) is 45.9 Å². The third-order valence-electron chi connectivity index (χ3n) is 2.97. The van der Waals surface area contributed by atoms with Crippen molar-refractivity contribution in [2.45, 2.75) is 0 Å². The average Bonchev–Trinajstić information content (AvgIpc) is 2.89. The van der Waals surface area contributed by atoms with Crippen LogP contribution in [-0.4, -0.2) is 12.1 Å². The summed E-state index contributed by atoms with van der Waals surface area (Å²) in [5.41, 5.74) is 2.35. The number of aromatic nitrogens is 1. The van der Waals surface area contributed by atoms with Crippen molar-refractivity contribution in [1.29, 1.82) is 5.26 Å². The highest BCUT2D eigenvalue weighted by Gasteiger charge is 2.14. The molecule has 1 aromatic heterocycles. The lowest BCUT2D eigenvalue weighted by Crippen LogP contribution is -1.87. The Kier molecular flexibility index (Phi) is 3.46. The fraction of sp³-hybridized carbons (Fsp3) is 0.0667. The van der Waals surface area contributed by atoms with E-state index in [1.807, 2.05) is 0 Å². The minimum atomic E-state index is 0.375. The van der Waals surface area contributed by atoms with Crippen LogP contribution < -0.4 is 4.74 Å². The molecule has 0 amide bonds. The Labute approximate surface area is 130 Å².